The maximum Gasteiger partial charge on any atom is 0.306 e. The van der Waals surface area contributed by atoms with Gasteiger partial charge in [0.25, 0.3) is 0 Å². The zero-order valence-electron chi connectivity index (χ0n) is 33.8. The predicted molar refractivity (Wildman–Crippen MR) is 227 cm³/mol. The number of aliphatic carboxylic acids is 4. The highest BCUT2D eigenvalue weighted by molar-refractivity contribution is 7.82. The Morgan fingerprint density at radius 2 is 0.578 bits per heavy atom. The molecule has 0 aromatic rings. The van der Waals surface area contributed by atoms with E-state index in [1.54, 1.807) is 0 Å². The van der Waals surface area contributed by atoms with Gasteiger partial charge in [0.2, 0.25) is 0 Å². The van der Waals surface area contributed by atoms with Crippen molar-refractivity contribution in [2.75, 3.05) is 59.5 Å². The fraction of sp³-hybridized carbons (Fsp3) is 0.875. The van der Waals surface area contributed by atoms with Crippen LogP contribution in [0.15, 0.2) is 0 Å². The van der Waals surface area contributed by atoms with Gasteiger partial charge < -0.3 is 122 Å². The lowest BCUT2D eigenvalue weighted by molar-refractivity contribution is -0.238. The van der Waals surface area contributed by atoms with Crippen molar-refractivity contribution in [1.82, 2.24) is 0 Å². The highest BCUT2D eigenvalue weighted by Crippen LogP contribution is 2.48. The highest BCUT2D eigenvalue weighted by atomic mass is 32.1. The van der Waals surface area contributed by atoms with Crippen LogP contribution in [-0.2, 0) is 23.9 Å². The third kappa shape index (κ3) is 28.6. The molecule has 0 saturated carbocycles. The van der Waals surface area contributed by atoms with Crippen molar-refractivity contribution in [2.24, 2.45) is 0 Å². The van der Waals surface area contributed by atoms with Crippen LogP contribution in [0, 0.1) is 0 Å². The number of hydrogen-bond acceptors (Lipinski definition) is 28. The van der Waals surface area contributed by atoms with Crippen LogP contribution in [0.5, 0.6) is 0 Å². The first-order valence-electron chi connectivity index (χ1n) is 18.0. The Kier molecular flexibility index (Phi) is 44.1. The number of aliphatic hydroxyl groups is 19. The number of carboxylic acid groups (broad SMARTS) is 4. The Labute approximate surface area is 387 Å². The van der Waals surface area contributed by atoms with Gasteiger partial charge in [-0.15, -0.1) is 12.6 Å². The van der Waals surface area contributed by atoms with E-state index in [-0.39, 0.29) is 0 Å². The van der Waals surface area contributed by atoms with Gasteiger partial charge in [-0.3, -0.25) is 19.2 Å². The van der Waals surface area contributed by atoms with Gasteiger partial charge in [0.15, 0.2) is 0 Å². The fourth-order valence-corrected chi connectivity index (χ4v) is 6.42. The minimum absolute atomic E-state index is 0.526. The van der Waals surface area contributed by atoms with Crippen molar-refractivity contribution in [3.05, 3.63) is 0 Å². The van der Waals surface area contributed by atoms with Gasteiger partial charge in [0.1, 0.15) is 71.6 Å². The molecule has 386 valence electrons. The molecule has 0 aliphatic rings. The molecule has 64 heavy (non-hydrogen) atoms. The summed E-state index contributed by atoms with van der Waals surface area (Å²) in [7, 11) is 0. The molecule has 0 aliphatic heterocycles. The molecule has 0 radical (unpaired) electrons. The number of hydrogen-bond donors (Lipinski definition) is 27. The van der Waals surface area contributed by atoms with E-state index in [1.807, 2.05) is 0 Å². The Balaban J connectivity index is -0.000000289. The maximum atomic E-state index is 11.6. The van der Waals surface area contributed by atoms with E-state index in [9.17, 15) is 49.8 Å². The summed E-state index contributed by atoms with van der Waals surface area (Å²) < 4.78 is 5.61. The SMILES string of the molecule is O=C(O)CC(S)OC(C(S)CC(=O)O)(C(S)CC(=O)O)[C@@](O)(C(S)CC(=O)O)[C@H](O)CO.OC[C@@H](O)[C@@H](O)CO.OC[C@@H](O)[C@@H](O)CO.OC[C@@H](O)[C@@H](O)CO.OC[C@@H](O)[C@@H](O)CO. The molecule has 32 heteroatoms. The first-order chi connectivity index (χ1) is 29.4. The van der Waals surface area contributed by atoms with Crippen molar-refractivity contribution in [1.29, 1.82) is 0 Å². The number of ether oxygens (including phenoxy) is 1. The van der Waals surface area contributed by atoms with Crippen LogP contribution in [0.2, 0.25) is 0 Å². The van der Waals surface area contributed by atoms with E-state index in [0.717, 1.165) is 0 Å². The Bertz CT molecular complexity index is 1100. The second-order valence-electron chi connectivity index (χ2n) is 12.8. The first kappa shape index (κ1) is 71.5. The molecule has 23 N–H and O–H groups in total. The van der Waals surface area contributed by atoms with Gasteiger partial charge in [-0.25, -0.2) is 0 Å². The van der Waals surface area contributed by atoms with Crippen molar-refractivity contribution in [3.8, 4) is 0 Å². The average molecular weight is 1030 g/mol. The van der Waals surface area contributed by atoms with E-state index in [0.29, 0.717) is 0 Å². The van der Waals surface area contributed by atoms with Gasteiger partial charge in [-0.05, 0) is 0 Å². The summed E-state index contributed by atoms with van der Waals surface area (Å²) in [5, 5.41) is 196. The number of carbonyl (C=O) groups is 4. The second kappa shape index (κ2) is 39.5. The Morgan fingerprint density at radius 1 is 0.375 bits per heavy atom. The molecule has 4 unspecified atom stereocenters. The number of rotatable bonds is 28. The topological polar surface area (TPSA) is 543 Å². The Hall–Kier alpha value is -1.52. The number of carboxylic acids is 4. The van der Waals surface area contributed by atoms with Gasteiger partial charge in [-0.2, -0.15) is 37.9 Å². The summed E-state index contributed by atoms with van der Waals surface area (Å²) in [6, 6.07) is 0. The first-order valence-corrected chi connectivity index (χ1v) is 20.1. The Morgan fingerprint density at radius 3 is 0.750 bits per heavy atom. The monoisotopic (exact) mass is 1030 g/mol. The lowest BCUT2D eigenvalue weighted by atomic mass is 9.69. The fourth-order valence-electron chi connectivity index (χ4n) is 4.23. The molecular formula is C32H66O28S4. The molecular weight excluding hydrogens is 961 g/mol. The molecule has 0 fully saturated rings. The van der Waals surface area contributed by atoms with Crippen LogP contribution in [0.1, 0.15) is 25.7 Å². The third-order valence-electron chi connectivity index (χ3n) is 7.86. The van der Waals surface area contributed by atoms with Gasteiger partial charge in [-0.1, -0.05) is 0 Å². The van der Waals surface area contributed by atoms with Crippen molar-refractivity contribution < 1.29 is 141 Å². The molecule has 0 aromatic carbocycles. The molecule has 0 bridgehead atoms. The van der Waals surface area contributed by atoms with Crippen LogP contribution >= 0.6 is 50.5 Å². The zero-order valence-corrected chi connectivity index (χ0v) is 37.4. The summed E-state index contributed by atoms with van der Waals surface area (Å²) in [5.74, 6) is -6.01. The smallest absolute Gasteiger partial charge is 0.306 e. The lowest BCUT2D eigenvalue weighted by Crippen LogP contribution is -2.75. The van der Waals surface area contributed by atoms with Crippen molar-refractivity contribution in [2.45, 2.75) is 113 Å². The standard InChI is InChI=1S/C16H26O12S4.4C4H10O4/c17-5-6(18)15(27,7(29)1-10(19)20)16(8(30)2-11(21)22,9(31)3-12(23)24)28-14(32)4-13(25)26;4*5-1-3(7)4(8)2-6/h6-9,14,17-18,27,29-32H,1-5H2,(H,19,20)(H,21,22)(H,23,24)(H,25,26);4*3-8H,1-2H2/t6-,7?,8?,9?,14?,15+,16?;4*3-,4+/m1..../s1. The molecule has 0 aliphatic carbocycles. The van der Waals surface area contributed by atoms with Crippen molar-refractivity contribution in [3.63, 3.8) is 0 Å². The van der Waals surface area contributed by atoms with Gasteiger partial charge >= 0.3 is 23.9 Å². The van der Waals surface area contributed by atoms with Crippen LogP contribution in [0.3, 0.4) is 0 Å². The number of aliphatic hydroxyl groups excluding tert-OH is 18. The summed E-state index contributed by atoms with van der Waals surface area (Å²) in [6.45, 7) is -5.44. The van der Waals surface area contributed by atoms with E-state index in [2.05, 4.69) is 50.5 Å². The van der Waals surface area contributed by atoms with E-state index < -0.39 is 196 Å². The van der Waals surface area contributed by atoms with Gasteiger partial charge in [0, 0.05) is 15.7 Å². The molecule has 0 rings (SSSR count). The van der Waals surface area contributed by atoms with Crippen LogP contribution in [0.25, 0.3) is 0 Å². The number of thiol groups is 4. The minimum Gasteiger partial charge on any atom is -0.481 e. The molecule has 0 amide bonds. The molecule has 28 nitrogen and oxygen atoms in total. The van der Waals surface area contributed by atoms with Crippen LogP contribution in [-0.4, -0.2) is 288 Å². The summed E-state index contributed by atoms with van der Waals surface area (Å²) in [4.78, 5) is 45.2. The van der Waals surface area contributed by atoms with Crippen molar-refractivity contribution >= 4 is 74.4 Å². The second-order valence-corrected chi connectivity index (χ2v) is 15.3. The molecule has 14 atom stereocenters. The van der Waals surface area contributed by atoms with E-state index in [1.165, 1.54) is 0 Å². The lowest BCUT2D eigenvalue weighted by Gasteiger charge is -2.56. The highest BCUT2D eigenvalue weighted by Gasteiger charge is 2.66. The maximum absolute atomic E-state index is 11.6. The molecule has 0 saturated heterocycles. The van der Waals surface area contributed by atoms with Crippen LogP contribution in [0.4, 0.5) is 0 Å². The summed E-state index contributed by atoms with van der Waals surface area (Å²) >= 11 is 16.2. The van der Waals surface area contributed by atoms with Gasteiger partial charge in [0.05, 0.1) is 85.1 Å². The van der Waals surface area contributed by atoms with E-state index in [4.69, 9.17) is 91.5 Å². The third-order valence-corrected chi connectivity index (χ3v) is 9.86. The molecule has 0 heterocycles. The summed E-state index contributed by atoms with van der Waals surface area (Å²) in [5.41, 5.74) is -7.34. The minimum atomic E-state index is -3.01. The van der Waals surface area contributed by atoms with Crippen LogP contribution < -0.4 is 0 Å². The zero-order chi connectivity index (χ0) is 51.7. The quantitative estimate of drug-likeness (QED) is 0.0256. The largest absolute Gasteiger partial charge is 0.481 e. The predicted octanol–water partition coefficient (Wildman–Crippen LogP) is -10.4. The average Bonchev–Trinajstić information content (AvgIpc) is 3.24. The van der Waals surface area contributed by atoms with E-state index >= 15 is 0 Å². The summed E-state index contributed by atoms with van der Waals surface area (Å²) in [6.07, 6.45) is -15.8. The molecule has 0 aromatic heterocycles. The normalized spacial score (nSPS) is 19.0. The molecule has 0 spiro atoms.